The first-order valence-corrected chi connectivity index (χ1v) is 6.16. The number of para-hydroxylation sites is 1. The predicted octanol–water partition coefficient (Wildman–Crippen LogP) is 3.74. The van der Waals surface area contributed by atoms with Gasteiger partial charge in [0.15, 0.2) is 0 Å². The van der Waals surface area contributed by atoms with Crippen molar-refractivity contribution in [2.45, 2.75) is 12.5 Å². The normalized spacial score (nSPS) is 13.9. The molecule has 1 unspecified atom stereocenters. The fourth-order valence-electron chi connectivity index (χ4n) is 2.08. The van der Waals surface area contributed by atoms with Crippen LogP contribution in [0.5, 0.6) is 5.75 Å². The fourth-order valence-corrected chi connectivity index (χ4v) is 2.23. The SMILES string of the molecule is COc1ccccc1C(C)(O)c1ccc(Cl)cc1F. The van der Waals surface area contributed by atoms with Gasteiger partial charge in [0.2, 0.25) is 0 Å². The summed E-state index contributed by atoms with van der Waals surface area (Å²) in [6, 6.07) is 11.2. The van der Waals surface area contributed by atoms with Gasteiger partial charge in [0, 0.05) is 16.1 Å². The molecule has 4 heteroatoms. The number of halogens is 2. The molecule has 0 aromatic heterocycles. The van der Waals surface area contributed by atoms with Crippen LogP contribution in [0.15, 0.2) is 42.5 Å². The van der Waals surface area contributed by atoms with Gasteiger partial charge in [-0.1, -0.05) is 35.9 Å². The summed E-state index contributed by atoms with van der Waals surface area (Å²) in [7, 11) is 1.51. The van der Waals surface area contributed by atoms with Gasteiger partial charge in [0.25, 0.3) is 0 Å². The predicted molar refractivity (Wildman–Crippen MR) is 73.1 cm³/mol. The number of benzene rings is 2. The molecule has 2 aromatic rings. The molecule has 19 heavy (non-hydrogen) atoms. The third-order valence-corrected chi connectivity index (χ3v) is 3.32. The van der Waals surface area contributed by atoms with Crippen LogP contribution in [-0.4, -0.2) is 12.2 Å². The summed E-state index contributed by atoms with van der Waals surface area (Å²) in [6.45, 7) is 1.52. The Labute approximate surface area is 116 Å². The molecule has 0 radical (unpaired) electrons. The Morgan fingerprint density at radius 1 is 1.16 bits per heavy atom. The summed E-state index contributed by atoms with van der Waals surface area (Å²) in [6.07, 6.45) is 0. The smallest absolute Gasteiger partial charge is 0.131 e. The summed E-state index contributed by atoms with van der Waals surface area (Å²) in [5.74, 6) is -0.0507. The van der Waals surface area contributed by atoms with Gasteiger partial charge < -0.3 is 9.84 Å². The van der Waals surface area contributed by atoms with Gasteiger partial charge in [-0.05, 0) is 25.1 Å². The van der Waals surface area contributed by atoms with Crippen LogP contribution in [0.2, 0.25) is 5.02 Å². The largest absolute Gasteiger partial charge is 0.496 e. The quantitative estimate of drug-likeness (QED) is 0.928. The summed E-state index contributed by atoms with van der Waals surface area (Å²) in [5, 5.41) is 11.0. The van der Waals surface area contributed by atoms with Crippen LogP contribution in [0.1, 0.15) is 18.1 Å². The average Bonchev–Trinajstić information content (AvgIpc) is 2.38. The zero-order valence-electron chi connectivity index (χ0n) is 10.7. The highest BCUT2D eigenvalue weighted by molar-refractivity contribution is 6.30. The van der Waals surface area contributed by atoms with Crippen LogP contribution in [0, 0.1) is 5.82 Å². The van der Waals surface area contributed by atoms with E-state index in [2.05, 4.69) is 0 Å². The van der Waals surface area contributed by atoms with E-state index in [1.54, 1.807) is 30.3 Å². The highest BCUT2D eigenvalue weighted by atomic mass is 35.5. The van der Waals surface area contributed by atoms with Crippen molar-refractivity contribution >= 4 is 11.6 Å². The van der Waals surface area contributed by atoms with Crippen LogP contribution in [0.4, 0.5) is 4.39 Å². The maximum absolute atomic E-state index is 14.0. The van der Waals surface area contributed by atoms with Crippen LogP contribution >= 0.6 is 11.6 Å². The van der Waals surface area contributed by atoms with Crippen molar-refractivity contribution in [3.05, 3.63) is 64.4 Å². The lowest BCUT2D eigenvalue weighted by Gasteiger charge is -2.26. The number of hydrogen-bond donors (Lipinski definition) is 1. The zero-order chi connectivity index (χ0) is 14.0. The molecule has 0 saturated heterocycles. The molecule has 0 aliphatic heterocycles. The minimum absolute atomic E-state index is 0.154. The lowest BCUT2D eigenvalue weighted by atomic mass is 9.87. The van der Waals surface area contributed by atoms with E-state index >= 15 is 0 Å². The molecule has 100 valence electrons. The van der Waals surface area contributed by atoms with Crippen molar-refractivity contribution in [2.75, 3.05) is 7.11 Å². The second-order valence-electron chi connectivity index (χ2n) is 4.40. The first kappa shape index (κ1) is 13.8. The van der Waals surface area contributed by atoms with Crippen LogP contribution < -0.4 is 4.74 Å². The molecular formula is C15H14ClFO2. The molecule has 0 spiro atoms. The average molecular weight is 281 g/mol. The molecule has 2 rings (SSSR count). The summed E-state index contributed by atoms with van der Waals surface area (Å²) in [4.78, 5) is 0. The van der Waals surface area contributed by atoms with Gasteiger partial charge in [0.05, 0.1) is 7.11 Å². The minimum Gasteiger partial charge on any atom is -0.496 e. The highest BCUT2D eigenvalue weighted by Gasteiger charge is 2.31. The van der Waals surface area contributed by atoms with E-state index in [-0.39, 0.29) is 10.6 Å². The third kappa shape index (κ3) is 2.57. The lowest BCUT2D eigenvalue weighted by Crippen LogP contribution is -2.25. The van der Waals surface area contributed by atoms with E-state index < -0.39 is 11.4 Å². The third-order valence-electron chi connectivity index (χ3n) is 3.09. The van der Waals surface area contributed by atoms with Gasteiger partial charge >= 0.3 is 0 Å². The first-order valence-electron chi connectivity index (χ1n) is 5.78. The van der Waals surface area contributed by atoms with Gasteiger partial charge in [-0.2, -0.15) is 0 Å². The van der Waals surface area contributed by atoms with E-state index in [0.717, 1.165) is 0 Å². The number of aliphatic hydroxyl groups is 1. The van der Waals surface area contributed by atoms with E-state index in [9.17, 15) is 9.50 Å². The van der Waals surface area contributed by atoms with Crippen molar-refractivity contribution in [2.24, 2.45) is 0 Å². The monoisotopic (exact) mass is 280 g/mol. The number of rotatable bonds is 3. The van der Waals surface area contributed by atoms with Crippen molar-refractivity contribution in [1.82, 2.24) is 0 Å². The fraction of sp³-hybridized carbons (Fsp3) is 0.200. The maximum Gasteiger partial charge on any atom is 0.131 e. The molecule has 0 bridgehead atoms. The number of ether oxygens (including phenoxy) is 1. The Balaban J connectivity index is 2.58. The van der Waals surface area contributed by atoms with Crippen molar-refractivity contribution < 1.29 is 14.2 Å². The Bertz CT molecular complexity index is 596. The van der Waals surface area contributed by atoms with Crippen molar-refractivity contribution in [3.63, 3.8) is 0 Å². The molecule has 0 aliphatic rings. The van der Waals surface area contributed by atoms with Gasteiger partial charge in [-0.25, -0.2) is 4.39 Å². The number of hydrogen-bond acceptors (Lipinski definition) is 2. The van der Waals surface area contributed by atoms with Gasteiger partial charge in [-0.15, -0.1) is 0 Å². The Morgan fingerprint density at radius 2 is 1.84 bits per heavy atom. The van der Waals surface area contributed by atoms with Crippen LogP contribution in [-0.2, 0) is 5.60 Å². The molecule has 0 fully saturated rings. The molecule has 0 amide bonds. The van der Waals surface area contributed by atoms with E-state index in [4.69, 9.17) is 16.3 Å². The van der Waals surface area contributed by atoms with E-state index in [0.29, 0.717) is 11.3 Å². The molecular weight excluding hydrogens is 267 g/mol. The molecule has 0 saturated carbocycles. The first-order chi connectivity index (χ1) is 8.96. The minimum atomic E-state index is -1.50. The van der Waals surface area contributed by atoms with Gasteiger partial charge in [-0.3, -0.25) is 0 Å². The molecule has 2 nitrogen and oxygen atoms in total. The highest BCUT2D eigenvalue weighted by Crippen LogP contribution is 2.36. The summed E-state index contributed by atoms with van der Waals surface area (Å²) >= 11 is 5.73. The maximum atomic E-state index is 14.0. The Kier molecular flexibility index (Phi) is 3.78. The van der Waals surface area contributed by atoms with E-state index in [1.807, 2.05) is 0 Å². The molecule has 0 heterocycles. The molecule has 1 N–H and O–H groups in total. The van der Waals surface area contributed by atoms with Gasteiger partial charge in [0.1, 0.15) is 17.2 Å². The zero-order valence-corrected chi connectivity index (χ0v) is 11.4. The van der Waals surface area contributed by atoms with Crippen LogP contribution in [0.3, 0.4) is 0 Å². The summed E-state index contributed by atoms with van der Waals surface area (Å²) < 4.78 is 19.2. The Morgan fingerprint density at radius 3 is 2.47 bits per heavy atom. The molecule has 0 aliphatic carbocycles. The molecule has 1 atom stereocenters. The second-order valence-corrected chi connectivity index (χ2v) is 4.83. The van der Waals surface area contributed by atoms with E-state index in [1.165, 1.54) is 26.2 Å². The second kappa shape index (κ2) is 5.19. The summed E-state index contributed by atoms with van der Waals surface area (Å²) in [5.41, 5.74) is -0.846. The Hall–Kier alpha value is -1.58. The topological polar surface area (TPSA) is 29.5 Å². The number of methoxy groups -OCH3 is 1. The standard InChI is InChI=1S/C15H14ClFO2/c1-15(18,11-8-7-10(16)9-13(11)17)12-5-3-4-6-14(12)19-2/h3-9,18H,1-2H3. The van der Waals surface area contributed by atoms with Crippen LogP contribution in [0.25, 0.3) is 0 Å². The van der Waals surface area contributed by atoms with Crippen molar-refractivity contribution in [1.29, 1.82) is 0 Å². The van der Waals surface area contributed by atoms with Crippen molar-refractivity contribution in [3.8, 4) is 5.75 Å². The molecule has 2 aromatic carbocycles. The lowest BCUT2D eigenvalue weighted by molar-refractivity contribution is 0.0948.